The van der Waals surface area contributed by atoms with Crippen molar-refractivity contribution in [2.45, 2.75) is 26.4 Å². The number of pyridine rings is 2. The molecular weight excluding hydrogens is 538 g/mol. The first-order chi connectivity index (χ1) is 20.9. The molecule has 2 aromatic carbocycles. The van der Waals surface area contributed by atoms with Crippen LogP contribution in [-0.4, -0.2) is 42.3 Å². The maximum Gasteiger partial charge on any atom is 0.336 e. The first-order valence-electron chi connectivity index (χ1n) is 14.0. The number of nitrogens with zero attached hydrogens (tertiary/aromatic N) is 5. The third-order valence-electron chi connectivity index (χ3n) is 7.75. The van der Waals surface area contributed by atoms with Crippen molar-refractivity contribution in [2.75, 3.05) is 7.11 Å². The highest BCUT2D eigenvalue weighted by atomic mass is 16.5. The second-order valence-electron chi connectivity index (χ2n) is 10.3. The van der Waals surface area contributed by atoms with E-state index in [4.69, 9.17) is 9.72 Å². The molecule has 0 unspecified atom stereocenters. The fraction of sp³-hybridized carbons (Fsp3) is 0.143. The molecule has 1 N–H and O–H groups in total. The van der Waals surface area contributed by atoms with Gasteiger partial charge in [0.05, 0.1) is 30.4 Å². The molecule has 0 radical (unpaired) electrons. The van der Waals surface area contributed by atoms with Gasteiger partial charge in [-0.1, -0.05) is 43.0 Å². The minimum Gasteiger partial charge on any atom is -0.494 e. The van der Waals surface area contributed by atoms with Crippen LogP contribution in [0.4, 0.5) is 0 Å². The van der Waals surface area contributed by atoms with Crippen LogP contribution in [0.15, 0.2) is 92.4 Å². The van der Waals surface area contributed by atoms with Gasteiger partial charge in [0.25, 0.3) is 0 Å². The number of carboxylic acid groups (broad SMARTS) is 1. The highest BCUT2D eigenvalue weighted by Crippen LogP contribution is 2.37. The van der Waals surface area contributed by atoms with Crippen molar-refractivity contribution in [1.29, 1.82) is 0 Å². The number of fused-ring (bicyclic) bond motifs is 2. The van der Waals surface area contributed by atoms with E-state index in [1.165, 1.54) is 0 Å². The van der Waals surface area contributed by atoms with E-state index in [2.05, 4.69) is 50.5 Å². The summed E-state index contributed by atoms with van der Waals surface area (Å²) < 4.78 is 10.0. The Balaban J connectivity index is 1.62. The van der Waals surface area contributed by atoms with Crippen LogP contribution in [0, 0.1) is 6.92 Å². The van der Waals surface area contributed by atoms with Crippen molar-refractivity contribution < 1.29 is 14.6 Å². The van der Waals surface area contributed by atoms with Gasteiger partial charge in [-0.05, 0) is 65.9 Å². The minimum absolute atomic E-state index is 0.152. The fourth-order valence-corrected chi connectivity index (χ4v) is 5.69. The van der Waals surface area contributed by atoms with Crippen LogP contribution < -0.4 is 4.74 Å². The van der Waals surface area contributed by atoms with Crippen LogP contribution >= 0.6 is 0 Å². The molecule has 0 aliphatic carbocycles. The maximum atomic E-state index is 12.2. The lowest BCUT2D eigenvalue weighted by Gasteiger charge is -2.15. The van der Waals surface area contributed by atoms with Gasteiger partial charge < -0.3 is 19.0 Å². The van der Waals surface area contributed by atoms with E-state index in [0.717, 1.165) is 45.4 Å². The third kappa shape index (κ3) is 4.86. The molecule has 0 spiro atoms. The SMILES string of the molecule is C=CCCn1c(-c2nc3c(C)c(C(=O)O)cc(OC)c3n2Cc2cncc(-c3ccccc3C=C)c2)cc2cccnc21. The number of allylic oxidation sites excluding steroid dienone is 1. The number of carbonyl (C=O) groups is 1. The van der Waals surface area contributed by atoms with Crippen LogP contribution in [0.1, 0.15) is 33.5 Å². The van der Waals surface area contributed by atoms with Gasteiger partial charge in [-0.15, -0.1) is 6.58 Å². The summed E-state index contributed by atoms with van der Waals surface area (Å²) in [6, 6.07) is 17.8. The molecule has 8 nitrogen and oxygen atoms in total. The zero-order valence-corrected chi connectivity index (χ0v) is 24.1. The predicted molar refractivity (Wildman–Crippen MR) is 170 cm³/mol. The average molecular weight is 570 g/mol. The number of hydrogen-bond donors (Lipinski definition) is 1. The standard InChI is InChI=1S/C35H31N5O3/c1-5-7-15-39-29(17-25-12-10-14-37-33(25)39)34-38-31-22(3)28(35(41)42)18-30(43-4)32(31)40(34)21-23-16-26(20-36-19-23)27-13-9-8-11-24(27)6-2/h5-6,8-14,16-20H,1-2,7,15,21H2,3-4H3,(H,41,42). The Kier molecular flexibility index (Phi) is 7.34. The quantitative estimate of drug-likeness (QED) is 0.173. The molecule has 0 bridgehead atoms. The average Bonchev–Trinajstić information content (AvgIpc) is 3.59. The zero-order valence-electron chi connectivity index (χ0n) is 24.1. The largest absolute Gasteiger partial charge is 0.494 e. The van der Waals surface area contributed by atoms with Crippen LogP contribution in [0.25, 0.3) is 50.8 Å². The summed E-state index contributed by atoms with van der Waals surface area (Å²) in [6.45, 7) is 10.8. The molecule has 214 valence electrons. The van der Waals surface area contributed by atoms with E-state index in [-0.39, 0.29) is 5.56 Å². The van der Waals surface area contributed by atoms with E-state index in [1.54, 1.807) is 26.3 Å². The number of hydrogen-bond acceptors (Lipinski definition) is 5. The molecule has 8 heteroatoms. The number of rotatable bonds is 10. The van der Waals surface area contributed by atoms with Gasteiger partial charge in [0.2, 0.25) is 0 Å². The Morgan fingerprint density at radius 1 is 1.07 bits per heavy atom. The Morgan fingerprint density at radius 2 is 1.91 bits per heavy atom. The first-order valence-corrected chi connectivity index (χ1v) is 14.0. The summed E-state index contributed by atoms with van der Waals surface area (Å²) in [5.41, 5.74) is 7.70. The van der Waals surface area contributed by atoms with Crippen molar-refractivity contribution in [3.05, 3.63) is 115 Å². The van der Waals surface area contributed by atoms with E-state index in [1.807, 2.05) is 54.9 Å². The lowest BCUT2D eigenvalue weighted by molar-refractivity contribution is 0.0696. The third-order valence-corrected chi connectivity index (χ3v) is 7.75. The van der Waals surface area contributed by atoms with Crippen molar-refractivity contribution in [3.63, 3.8) is 0 Å². The fourth-order valence-electron chi connectivity index (χ4n) is 5.69. The molecule has 4 aromatic heterocycles. The number of methoxy groups -OCH3 is 1. The van der Waals surface area contributed by atoms with Gasteiger partial charge in [-0.2, -0.15) is 0 Å². The molecule has 0 aliphatic rings. The van der Waals surface area contributed by atoms with Crippen LogP contribution in [0.5, 0.6) is 5.75 Å². The van der Waals surface area contributed by atoms with E-state index in [9.17, 15) is 9.90 Å². The van der Waals surface area contributed by atoms with Crippen molar-refractivity contribution in [1.82, 2.24) is 24.1 Å². The van der Waals surface area contributed by atoms with Gasteiger partial charge in [0, 0.05) is 36.1 Å². The van der Waals surface area contributed by atoms with Crippen LogP contribution in [-0.2, 0) is 13.1 Å². The molecule has 4 heterocycles. The number of ether oxygens (including phenoxy) is 1. The molecule has 0 aliphatic heterocycles. The van der Waals surface area contributed by atoms with Gasteiger partial charge in [0.1, 0.15) is 16.9 Å². The summed E-state index contributed by atoms with van der Waals surface area (Å²) in [5, 5.41) is 11.0. The molecule has 6 rings (SSSR count). The van der Waals surface area contributed by atoms with Gasteiger partial charge in [-0.25, -0.2) is 14.8 Å². The number of benzene rings is 2. The Bertz CT molecular complexity index is 2040. The second-order valence-corrected chi connectivity index (χ2v) is 10.3. The Morgan fingerprint density at radius 3 is 2.67 bits per heavy atom. The van der Waals surface area contributed by atoms with Crippen LogP contribution in [0.3, 0.4) is 0 Å². The van der Waals surface area contributed by atoms with E-state index < -0.39 is 5.97 Å². The number of aromatic nitrogens is 5. The summed E-state index contributed by atoms with van der Waals surface area (Å²) in [5.74, 6) is 0.0820. The van der Waals surface area contributed by atoms with Gasteiger partial charge in [0.15, 0.2) is 5.82 Å². The molecule has 0 atom stereocenters. The van der Waals surface area contributed by atoms with Crippen molar-refractivity contribution in [2.24, 2.45) is 0 Å². The molecule has 43 heavy (non-hydrogen) atoms. The lowest BCUT2D eigenvalue weighted by atomic mass is 10.00. The zero-order chi connectivity index (χ0) is 30.1. The molecule has 6 aromatic rings. The maximum absolute atomic E-state index is 12.2. The van der Waals surface area contributed by atoms with Gasteiger partial charge in [-0.3, -0.25) is 4.98 Å². The number of aryl methyl sites for hydroxylation is 2. The smallest absolute Gasteiger partial charge is 0.336 e. The Labute approximate surface area is 249 Å². The molecular formula is C35H31N5O3. The van der Waals surface area contributed by atoms with Crippen LogP contribution in [0.2, 0.25) is 0 Å². The monoisotopic (exact) mass is 569 g/mol. The number of imidazole rings is 1. The second kappa shape index (κ2) is 11.4. The highest BCUT2D eigenvalue weighted by Gasteiger charge is 2.25. The number of carboxylic acids is 1. The summed E-state index contributed by atoms with van der Waals surface area (Å²) >= 11 is 0. The number of aromatic carboxylic acids is 1. The van der Waals surface area contributed by atoms with Crippen molar-refractivity contribution in [3.8, 4) is 28.4 Å². The normalized spacial score (nSPS) is 11.2. The van der Waals surface area contributed by atoms with E-state index in [0.29, 0.717) is 41.3 Å². The topological polar surface area (TPSA) is 95.1 Å². The van der Waals surface area contributed by atoms with Gasteiger partial charge >= 0.3 is 5.97 Å². The first kappa shape index (κ1) is 27.7. The highest BCUT2D eigenvalue weighted by molar-refractivity contribution is 5.99. The summed E-state index contributed by atoms with van der Waals surface area (Å²) in [6.07, 6.45) is 9.94. The molecule has 0 saturated carbocycles. The lowest BCUT2D eigenvalue weighted by Crippen LogP contribution is -2.08. The molecule has 0 saturated heterocycles. The Hall–Kier alpha value is -5.50. The summed E-state index contributed by atoms with van der Waals surface area (Å²) in [4.78, 5) is 26.5. The van der Waals surface area contributed by atoms with E-state index >= 15 is 0 Å². The summed E-state index contributed by atoms with van der Waals surface area (Å²) in [7, 11) is 1.55. The molecule has 0 amide bonds. The van der Waals surface area contributed by atoms with Crippen molar-refractivity contribution >= 4 is 34.1 Å². The molecule has 0 fully saturated rings. The minimum atomic E-state index is -1.03. The predicted octanol–water partition coefficient (Wildman–Crippen LogP) is 7.40.